The molecule has 0 unspecified atom stereocenters. The molecular weight excluding hydrogens is 330 g/mol. The van der Waals surface area contributed by atoms with Crippen molar-refractivity contribution in [2.75, 3.05) is 19.7 Å². The summed E-state index contributed by atoms with van der Waals surface area (Å²) in [6, 6.07) is 10.4. The van der Waals surface area contributed by atoms with Crippen LogP contribution in [0.2, 0.25) is 0 Å². The molecule has 8 heteroatoms. The van der Waals surface area contributed by atoms with Crippen LogP contribution in [-0.2, 0) is 20.5 Å². The first-order valence-electron chi connectivity index (χ1n) is 7.65. The van der Waals surface area contributed by atoms with Gasteiger partial charge in [-0.25, -0.2) is 13.4 Å². The molecule has 128 valence electrons. The van der Waals surface area contributed by atoms with Gasteiger partial charge in [0.15, 0.2) is 0 Å². The summed E-state index contributed by atoms with van der Waals surface area (Å²) in [6.45, 7) is 2.41. The van der Waals surface area contributed by atoms with Gasteiger partial charge < -0.3 is 9.72 Å². The maximum Gasteiger partial charge on any atom is 0.251 e. The highest BCUT2D eigenvalue weighted by atomic mass is 32.2. The van der Waals surface area contributed by atoms with Crippen molar-refractivity contribution in [3.05, 3.63) is 63.8 Å². The van der Waals surface area contributed by atoms with Crippen molar-refractivity contribution in [1.29, 1.82) is 0 Å². The number of nitrogens with zero attached hydrogens (tertiary/aromatic N) is 2. The van der Waals surface area contributed by atoms with E-state index in [2.05, 4.69) is 9.97 Å². The van der Waals surface area contributed by atoms with Gasteiger partial charge in [0, 0.05) is 24.8 Å². The number of benzene rings is 1. The lowest BCUT2D eigenvalue weighted by Gasteiger charge is -2.31. The molecule has 7 nitrogen and oxygen atoms in total. The second-order valence-corrected chi connectivity index (χ2v) is 7.70. The van der Waals surface area contributed by atoms with Gasteiger partial charge in [0.05, 0.1) is 12.4 Å². The molecule has 0 aliphatic carbocycles. The van der Waals surface area contributed by atoms with Gasteiger partial charge in [-0.15, -0.1) is 0 Å². The third kappa shape index (κ3) is 3.89. The Morgan fingerprint density at radius 3 is 2.79 bits per heavy atom. The van der Waals surface area contributed by atoms with Crippen molar-refractivity contribution < 1.29 is 13.2 Å². The molecule has 1 atom stereocenters. The van der Waals surface area contributed by atoms with Crippen LogP contribution in [0.3, 0.4) is 0 Å². The third-order valence-corrected chi connectivity index (χ3v) is 5.62. The van der Waals surface area contributed by atoms with Crippen LogP contribution in [0, 0.1) is 6.92 Å². The van der Waals surface area contributed by atoms with E-state index in [0.29, 0.717) is 18.1 Å². The summed E-state index contributed by atoms with van der Waals surface area (Å²) in [5.41, 5.74) is 1.04. The Kier molecular flexibility index (Phi) is 4.79. The molecule has 1 aliphatic rings. The van der Waals surface area contributed by atoms with Gasteiger partial charge in [0.2, 0.25) is 10.0 Å². The Hall–Kier alpha value is -2.03. The zero-order valence-corrected chi connectivity index (χ0v) is 14.1. The van der Waals surface area contributed by atoms with Gasteiger partial charge in [0.1, 0.15) is 11.9 Å². The average molecular weight is 349 g/mol. The van der Waals surface area contributed by atoms with E-state index >= 15 is 0 Å². The molecule has 24 heavy (non-hydrogen) atoms. The summed E-state index contributed by atoms with van der Waals surface area (Å²) in [5.74, 6) is 0.304. The molecule has 0 amide bonds. The molecule has 1 N–H and O–H groups in total. The molecular formula is C16H19N3O4S. The average Bonchev–Trinajstić information content (AvgIpc) is 2.55. The molecule has 2 aromatic rings. The molecule has 0 spiro atoms. The Bertz CT molecular complexity index is 864. The van der Waals surface area contributed by atoms with E-state index in [1.54, 1.807) is 19.1 Å². The van der Waals surface area contributed by atoms with Crippen molar-refractivity contribution in [3.8, 4) is 0 Å². The lowest BCUT2D eigenvalue weighted by molar-refractivity contribution is -0.00778. The summed E-state index contributed by atoms with van der Waals surface area (Å²) in [4.78, 5) is 18.5. The molecule has 2 heterocycles. The van der Waals surface area contributed by atoms with Crippen LogP contribution < -0.4 is 5.56 Å². The highest BCUT2D eigenvalue weighted by molar-refractivity contribution is 7.88. The van der Waals surface area contributed by atoms with E-state index in [1.807, 2.05) is 18.2 Å². The lowest BCUT2D eigenvalue weighted by Crippen LogP contribution is -2.43. The Balaban J connectivity index is 1.78. The highest BCUT2D eigenvalue weighted by Crippen LogP contribution is 2.22. The fraction of sp³-hybridized carbons (Fsp3) is 0.375. The largest absolute Gasteiger partial charge is 0.368 e. The minimum Gasteiger partial charge on any atom is -0.368 e. The maximum absolute atomic E-state index is 12.6. The second kappa shape index (κ2) is 6.84. The first-order chi connectivity index (χ1) is 11.4. The van der Waals surface area contributed by atoms with Gasteiger partial charge in [-0.1, -0.05) is 30.3 Å². The van der Waals surface area contributed by atoms with Crippen molar-refractivity contribution >= 4 is 10.0 Å². The Labute approximate surface area is 140 Å². The molecule has 1 saturated heterocycles. The standard InChI is InChI=1S/C16H19N3O4S/c1-12-9-15(20)18-16(17-12)14-10-19(7-8-23-14)24(21,22)11-13-5-3-2-4-6-13/h2-6,9,14H,7-8,10-11H2,1H3,(H,17,18,20)/t14-/m1/s1. The number of hydrogen-bond acceptors (Lipinski definition) is 5. The first kappa shape index (κ1) is 16.8. The van der Waals surface area contributed by atoms with E-state index in [4.69, 9.17) is 4.74 Å². The van der Waals surface area contributed by atoms with E-state index in [-0.39, 0.29) is 24.5 Å². The summed E-state index contributed by atoms with van der Waals surface area (Å²) in [6.07, 6.45) is -0.572. The topological polar surface area (TPSA) is 92.4 Å². The number of aryl methyl sites for hydroxylation is 1. The van der Waals surface area contributed by atoms with Crippen LogP contribution in [0.25, 0.3) is 0 Å². The van der Waals surface area contributed by atoms with Gasteiger partial charge in [0.25, 0.3) is 5.56 Å². The SMILES string of the molecule is Cc1cc(=O)[nH]c([C@H]2CN(S(=O)(=O)Cc3ccccc3)CCO2)n1. The third-order valence-electron chi connectivity index (χ3n) is 3.81. The van der Waals surface area contributed by atoms with Gasteiger partial charge >= 0.3 is 0 Å². The molecule has 1 aromatic heterocycles. The molecule has 1 aliphatic heterocycles. The number of hydrogen-bond donors (Lipinski definition) is 1. The van der Waals surface area contributed by atoms with Gasteiger partial charge in [-0.3, -0.25) is 4.79 Å². The van der Waals surface area contributed by atoms with Crippen LogP contribution in [0.15, 0.2) is 41.2 Å². The number of aromatic nitrogens is 2. The van der Waals surface area contributed by atoms with Crippen molar-refractivity contribution in [2.24, 2.45) is 0 Å². The van der Waals surface area contributed by atoms with Crippen LogP contribution in [-0.4, -0.2) is 42.4 Å². The van der Waals surface area contributed by atoms with Crippen LogP contribution in [0.4, 0.5) is 0 Å². The predicted molar refractivity (Wildman–Crippen MR) is 88.9 cm³/mol. The number of rotatable bonds is 4. The van der Waals surface area contributed by atoms with E-state index in [9.17, 15) is 13.2 Å². The van der Waals surface area contributed by atoms with Gasteiger partial charge in [-0.05, 0) is 12.5 Å². The minimum absolute atomic E-state index is 0.0572. The molecule has 0 saturated carbocycles. The predicted octanol–water partition coefficient (Wildman–Crippen LogP) is 0.982. The molecule has 1 fully saturated rings. The molecule has 3 rings (SSSR count). The number of nitrogens with one attached hydrogen (secondary N) is 1. The second-order valence-electron chi connectivity index (χ2n) is 5.73. The molecule has 1 aromatic carbocycles. The van der Waals surface area contributed by atoms with E-state index < -0.39 is 16.1 Å². The Morgan fingerprint density at radius 1 is 1.33 bits per heavy atom. The molecule has 0 radical (unpaired) electrons. The zero-order valence-electron chi connectivity index (χ0n) is 13.3. The van der Waals surface area contributed by atoms with Crippen molar-refractivity contribution in [1.82, 2.24) is 14.3 Å². The monoisotopic (exact) mass is 349 g/mol. The lowest BCUT2D eigenvalue weighted by atomic mass is 10.2. The quantitative estimate of drug-likeness (QED) is 0.888. The fourth-order valence-electron chi connectivity index (χ4n) is 2.67. The van der Waals surface area contributed by atoms with Crippen LogP contribution in [0.1, 0.15) is 23.2 Å². The summed E-state index contributed by atoms with van der Waals surface area (Å²) >= 11 is 0. The first-order valence-corrected chi connectivity index (χ1v) is 9.26. The van der Waals surface area contributed by atoms with Crippen LogP contribution >= 0.6 is 0 Å². The summed E-state index contributed by atoms with van der Waals surface area (Å²) < 4.78 is 32.3. The van der Waals surface area contributed by atoms with Crippen molar-refractivity contribution in [3.63, 3.8) is 0 Å². The Morgan fingerprint density at radius 2 is 2.08 bits per heavy atom. The van der Waals surface area contributed by atoms with E-state index in [1.165, 1.54) is 10.4 Å². The number of sulfonamides is 1. The van der Waals surface area contributed by atoms with Crippen LogP contribution in [0.5, 0.6) is 0 Å². The number of H-pyrrole nitrogens is 1. The van der Waals surface area contributed by atoms with Gasteiger partial charge in [-0.2, -0.15) is 4.31 Å². The number of aromatic amines is 1. The van der Waals surface area contributed by atoms with Crippen molar-refractivity contribution in [2.45, 2.75) is 18.8 Å². The van der Waals surface area contributed by atoms with E-state index in [0.717, 1.165) is 5.56 Å². The summed E-state index contributed by atoms with van der Waals surface area (Å²) in [7, 11) is -3.46. The number of morpholine rings is 1. The summed E-state index contributed by atoms with van der Waals surface area (Å²) in [5, 5.41) is 0. The number of ether oxygens (including phenoxy) is 1. The highest BCUT2D eigenvalue weighted by Gasteiger charge is 2.31. The minimum atomic E-state index is -3.46. The zero-order chi connectivity index (χ0) is 17.2. The maximum atomic E-state index is 12.6. The normalized spacial score (nSPS) is 19.3. The molecule has 0 bridgehead atoms. The smallest absolute Gasteiger partial charge is 0.251 e. The fourth-order valence-corrected chi connectivity index (χ4v) is 4.19.